The summed E-state index contributed by atoms with van der Waals surface area (Å²) in [6.45, 7) is 2.01. The summed E-state index contributed by atoms with van der Waals surface area (Å²) < 4.78 is 38.8. The van der Waals surface area contributed by atoms with Crippen LogP contribution in [0, 0.1) is 0 Å². The number of amides is 1. The molecule has 1 saturated carbocycles. The molecule has 0 unspecified atom stereocenters. The number of alkyl halides is 3. The molecule has 0 aliphatic heterocycles. The van der Waals surface area contributed by atoms with Gasteiger partial charge in [-0.05, 0) is 31.9 Å². The second-order valence-corrected chi connectivity index (χ2v) is 4.50. The molecule has 6 heteroatoms. The molecular formula is C13H15F3N2O. The number of hydrogen-bond donors (Lipinski definition) is 2. The first kappa shape index (κ1) is 13.7. The Hall–Kier alpha value is -1.72. The molecule has 1 amide bonds. The third-order valence-electron chi connectivity index (χ3n) is 2.88. The van der Waals surface area contributed by atoms with Crippen molar-refractivity contribution in [1.82, 2.24) is 5.32 Å². The summed E-state index contributed by atoms with van der Waals surface area (Å²) in [7, 11) is 0. The van der Waals surface area contributed by atoms with Gasteiger partial charge in [-0.2, -0.15) is 13.2 Å². The minimum atomic E-state index is -4.48. The maximum Gasteiger partial charge on any atom is 0.418 e. The number of halogens is 3. The van der Waals surface area contributed by atoms with Gasteiger partial charge in [0.1, 0.15) is 0 Å². The molecule has 0 atom stereocenters. The van der Waals surface area contributed by atoms with Gasteiger partial charge in [0.25, 0.3) is 5.91 Å². The van der Waals surface area contributed by atoms with Crippen LogP contribution in [0.15, 0.2) is 18.2 Å². The molecule has 104 valence electrons. The van der Waals surface area contributed by atoms with Gasteiger partial charge in [0.2, 0.25) is 0 Å². The van der Waals surface area contributed by atoms with Gasteiger partial charge in [-0.3, -0.25) is 4.79 Å². The average Bonchev–Trinajstić information content (AvgIpc) is 3.12. The third-order valence-corrected chi connectivity index (χ3v) is 2.88. The van der Waals surface area contributed by atoms with Crippen LogP contribution in [0.2, 0.25) is 0 Å². The van der Waals surface area contributed by atoms with E-state index in [1.165, 1.54) is 12.1 Å². The number of anilines is 1. The Kier molecular flexibility index (Phi) is 3.68. The molecule has 0 radical (unpaired) electrons. The maximum absolute atomic E-state index is 12.9. The molecule has 1 aromatic rings. The van der Waals surface area contributed by atoms with E-state index in [-0.39, 0.29) is 17.3 Å². The summed E-state index contributed by atoms with van der Waals surface area (Å²) in [5, 5.41) is 5.35. The topological polar surface area (TPSA) is 41.1 Å². The largest absolute Gasteiger partial charge is 0.418 e. The standard InChI is InChI=1S/C13H15F3N2O/c1-2-17-11-9(12(19)18-8-6-7-8)4-3-5-10(11)13(14,15)16/h3-5,8,17H,2,6-7H2,1H3,(H,18,19). The second kappa shape index (κ2) is 5.11. The molecule has 1 aliphatic carbocycles. The number of carbonyl (C=O) groups excluding carboxylic acids is 1. The first-order valence-corrected chi connectivity index (χ1v) is 6.18. The van der Waals surface area contributed by atoms with Crippen LogP contribution in [0.4, 0.5) is 18.9 Å². The van der Waals surface area contributed by atoms with Gasteiger partial charge in [-0.1, -0.05) is 6.07 Å². The lowest BCUT2D eigenvalue weighted by Crippen LogP contribution is -2.27. The number of hydrogen-bond acceptors (Lipinski definition) is 2. The smallest absolute Gasteiger partial charge is 0.384 e. The highest BCUT2D eigenvalue weighted by atomic mass is 19.4. The highest BCUT2D eigenvalue weighted by molar-refractivity contribution is 6.00. The Balaban J connectivity index is 2.38. The zero-order valence-corrected chi connectivity index (χ0v) is 10.5. The van der Waals surface area contributed by atoms with Crippen LogP contribution in [0.1, 0.15) is 35.7 Å². The van der Waals surface area contributed by atoms with Crippen LogP contribution in [0.5, 0.6) is 0 Å². The Morgan fingerprint density at radius 3 is 2.58 bits per heavy atom. The Labute approximate surface area is 109 Å². The molecule has 0 heterocycles. The van der Waals surface area contributed by atoms with E-state index in [0.29, 0.717) is 6.54 Å². The van der Waals surface area contributed by atoms with Crippen molar-refractivity contribution in [3.8, 4) is 0 Å². The van der Waals surface area contributed by atoms with Gasteiger partial charge in [0, 0.05) is 12.6 Å². The molecule has 0 aromatic heterocycles. The summed E-state index contributed by atoms with van der Waals surface area (Å²) in [5.41, 5.74) is -0.906. The SMILES string of the molecule is CCNc1c(C(=O)NC2CC2)cccc1C(F)(F)F. The normalized spacial score (nSPS) is 15.2. The van der Waals surface area contributed by atoms with E-state index < -0.39 is 17.6 Å². The predicted molar refractivity (Wildman–Crippen MR) is 66.1 cm³/mol. The van der Waals surface area contributed by atoms with Crippen molar-refractivity contribution in [3.05, 3.63) is 29.3 Å². The van der Waals surface area contributed by atoms with Crippen molar-refractivity contribution < 1.29 is 18.0 Å². The van der Waals surface area contributed by atoms with Gasteiger partial charge in [0.05, 0.1) is 16.8 Å². The summed E-state index contributed by atoms with van der Waals surface area (Å²) in [6, 6.07) is 3.75. The monoisotopic (exact) mass is 272 g/mol. The molecule has 3 nitrogen and oxygen atoms in total. The molecular weight excluding hydrogens is 257 g/mol. The van der Waals surface area contributed by atoms with Gasteiger partial charge in [-0.15, -0.1) is 0 Å². The molecule has 1 aliphatic rings. The van der Waals surface area contributed by atoms with Gasteiger partial charge in [-0.25, -0.2) is 0 Å². The van der Waals surface area contributed by atoms with Crippen LogP contribution in [0.25, 0.3) is 0 Å². The van der Waals surface area contributed by atoms with E-state index in [2.05, 4.69) is 10.6 Å². The zero-order valence-electron chi connectivity index (χ0n) is 10.5. The van der Waals surface area contributed by atoms with E-state index in [1.54, 1.807) is 6.92 Å². The molecule has 2 N–H and O–H groups in total. The molecule has 1 aromatic carbocycles. The van der Waals surface area contributed by atoms with Crippen molar-refractivity contribution in [1.29, 1.82) is 0 Å². The zero-order chi connectivity index (χ0) is 14.0. The van der Waals surface area contributed by atoms with Crippen LogP contribution in [-0.4, -0.2) is 18.5 Å². The lowest BCUT2D eigenvalue weighted by molar-refractivity contribution is -0.136. The predicted octanol–water partition coefficient (Wildman–Crippen LogP) is 3.03. The van der Waals surface area contributed by atoms with E-state index in [9.17, 15) is 18.0 Å². The van der Waals surface area contributed by atoms with Crippen LogP contribution >= 0.6 is 0 Å². The van der Waals surface area contributed by atoms with Gasteiger partial charge in [0.15, 0.2) is 0 Å². The fourth-order valence-corrected chi connectivity index (χ4v) is 1.84. The lowest BCUT2D eigenvalue weighted by atomic mass is 10.1. The average molecular weight is 272 g/mol. The number of carbonyl (C=O) groups is 1. The Morgan fingerprint density at radius 2 is 2.05 bits per heavy atom. The van der Waals surface area contributed by atoms with E-state index >= 15 is 0 Å². The van der Waals surface area contributed by atoms with E-state index in [1.807, 2.05) is 0 Å². The maximum atomic E-state index is 12.9. The van der Waals surface area contributed by atoms with Crippen LogP contribution < -0.4 is 10.6 Å². The van der Waals surface area contributed by atoms with Gasteiger partial charge >= 0.3 is 6.18 Å². The number of benzene rings is 1. The highest BCUT2D eigenvalue weighted by Gasteiger charge is 2.35. The van der Waals surface area contributed by atoms with Crippen LogP contribution in [0.3, 0.4) is 0 Å². The van der Waals surface area contributed by atoms with Crippen molar-refractivity contribution in [2.75, 3.05) is 11.9 Å². The molecule has 0 bridgehead atoms. The summed E-state index contributed by atoms with van der Waals surface area (Å²) >= 11 is 0. The van der Waals surface area contributed by atoms with E-state index in [0.717, 1.165) is 18.9 Å². The number of para-hydroxylation sites is 1. The number of rotatable bonds is 4. The van der Waals surface area contributed by atoms with Crippen molar-refractivity contribution >= 4 is 11.6 Å². The fourth-order valence-electron chi connectivity index (χ4n) is 1.84. The summed E-state index contributed by atoms with van der Waals surface area (Å²) in [5.74, 6) is -0.454. The molecule has 19 heavy (non-hydrogen) atoms. The Bertz CT molecular complexity index is 481. The minimum absolute atomic E-state index is 0.0450. The van der Waals surface area contributed by atoms with Gasteiger partial charge < -0.3 is 10.6 Å². The summed E-state index contributed by atoms with van der Waals surface area (Å²) in [4.78, 5) is 12.0. The van der Waals surface area contributed by atoms with E-state index in [4.69, 9.17) is 0 Å². The van der Waals surface area contributed by atoms with Crippen molar-refractivity contribution in [2.24, 2.45) is 0 Å². The molecule has 2 rings (SSSR count). The quantitative estimate of drug-likeness (QED) is 0.884. The van der Waals surface area contributed by atoms with Crippen molar-refractivity contribution in [2.45, 2.75) is 32.0 Å². The molecule has 0 spiro atoms. The number of nitrogens with one attached hydrogen (secondary N) is 2. The highest BCUT2D eigenvalue weighted by Crippen LogP contribution is 2.36. The Morgan fingerprint density at radius 1 is 1.37 bits per heavy atom. The molecule has 0 saturated heterocycles. The van der Waals surface area contributed by atoms with Crippen molar-refractivity contribution in [3.63, 3.8) is 0 Å². The minimum Gasteiger partial charge on any atom is -0.384 e. The fraction of sp³-hybridized carbons (Fsp3) is 0.462. The second-order valence-electron chi connectivity index (χ2n) is 4.50. The third kappa shape index (κ3) is 3.19. The lowest BCUT2D eigenvalue weighted by Gasteiger charge is -2.17. The summed E-state index contributed by atoms with van der Waals surface area (Å²) in [6.07, 6.45) is -2.70. The first-order chi connectivity index (χ1) is 8.93. The first-order valence-electron chi connectivity index (χ1n) is 6.18. The van der Waals surface area contributed by atoms with Crippen LogP contribution in [-0.2, 0) is 6.18 Å². The molecule has 1 fully saturated rings.